The molecule has 0 aliphatic heterocycles. The highest BCUT2D eigenvalue weighted by atomic mass is 16.5. The Labute approximate surface area is 80.7 Å². The normalized spacial score (nSPS) is 16.2. The van der Waals surface area contributed by atoms with Crippen molar-refractivity contribution in [3.63, 3.8) is 0 Å². The van der Waals surface area contributed by atoms with Crippen molar-refractivity contribution in [3.05, 3.63) is 0 Å². The molecule has 2 atom stereocenters. The predicted octanol–water partition coefficient (Wildman–Crippen LogP) is 1.18. The first-order chi connectivity index (χ1) is 6.06. The summed E-state index contributed by atoms with van der Waals surface area (Å²) in [4.78, 5) is 0. The Morgan fingerprint density at radius 1 is 1.08 bits per heavy atom. The van der Waals surface area contributed by atoms with Crippen LogP contribution < -0.4 is 0 Å². The fourth-order valence-corrected chi connectivity index (χ4v) is 1.32. The van der Waals surface area contributed by atoms with Gasteiger partial charge in [-0.05, 0) is 25.2 Å². The zero-order chi connectivity index (χ0) is 10.3. The van der Waals surface area contributed by atoms with Crippen LogP contribution >= 0.6 is 0 Å². The predicted molar refractivity (Wildman–Crippen MR) is 52.6 cm³/mol. The fraction of sp³-hybridized carbons (Fsp3) is 1.00. The molecule has 13 heavy (non-hydrogen) atoms. The largest absolute Gasteiger partial charge is 0.393 e. The summed E-state index contributed by atoms with van der Waals surface area (Å²) in [6.45, 7) is 4.51. The van der Waals surface area contributed by atoms with E-state index in [1.807, 2.05) is 0 Å². The van der Waals surface area contributed by atoms with Crippen molar-refractivity contribution in [2.24, 2.45) is 5.92 Å². The average molecular weight is 190 g/mol. The maximum atomic E-state index is 9.48. The Kier molecular flexibility index (Phi) is 7.23. The highest BCUT2D eigenvalue weighted by Gasteiger charge is 2.10. The van der Waals surface area contributed by atoms with Crippen molar-refractivity contribution in [1.29, 1.82) is 0 Å². The van der Waals surface area contributed by atoms with Crippen LogP contribution in [0.25, 0.3) is 0 Å². The molecule has 0 heterocycles. The molecule has 0 fully saturated rings. The molecule has 0 saturated carbocycles. The van der Waals surface area contributed by atoms with Gasteiger partial charge >= 0.3 is 0 Å². The number of aliphatic hydroxyl groups excluding tert-OH is 2. The topological polar surface area (TPSA) is 49.7 Å². The van der Waals surface area contributed by atoms with Crippen molar-refractivity contribution in [2.75, 3.05) is 13.7 Å². The van der Waals surface area contributed by atoms with Gasteiger partial charge in [0, 0.05) is 7.11 Å². The molecule has 3 heteroatoms. The summed E-state index contributed by atoms with van der Waals surface area (Å²) in [5.74, 6) is 0.509. The molecule has 80 valence electrons. The first-order valence-corrected chi connectivity index (χ1v) is 4.91. The molecule has 0 bridgehead atoms. The van der Waals surface area contributed by atoms with Gasteiger partial charge in [-0.15, -0.1) is 0 Å². The van der Waals surface area contributed by atoms with Crippen molar-refractivity contribution in [1.82, 2.24) is 0 Å². The van der Waals surface area contributed by atoms with Crippen LogP contribution in [0.3, 0.4) is 0 Å². The Bertz CT molecular complexity index is 115. The summed E-state index contributed by atoms with van der Waals surface area (Å²) >= 11 is 0. The Balaban J connectivity index is 3.40. The lowest BCUT2D eigenvalue weighted by Gasteiger charge is -2.15. The molecule has 2 unspecified atom stereocenters. The minimum absolute atomic E-state index is 0.286. The third-order valence-corrected chi connectivity index (χ3v) is 1.94. The minimum Gasteiger partial charge on any atom is -0.393 e. The molecule has 0 aromatic heterocycles. The molecule has 0 aromatic carbocycles. The lowest BCUT2D eigenvalue weighted by molar-refractivity contribution is 0.0434. The summed E-state index contributed by atoms with van der Waals surface area (Å²) < 4.78 is 4.79. The average Bonchev–Trinajstić information content (AvgIpc) is 2.00. The molecule has 0 aliphatic carbocycles. The van der Waals surface area contributed by atoms with E-state index < -0.39 is 6.10 Å². The van der Waals surface area contributed by atoms with Crippen LogP contribution in [-0.2, 0) is 4.74 Å². The van der Waals surface area contributed by atoms with Gasteiger partial charge < -0.3 is 14.9 Å². The molecule has 0 saturated heterocycles. The third kappa shape index (κ3) is 8.22. The zero-order valence-electron chi connectivity index (χ0n) is 8.86. The highest BCUT2D eigenvalue weighted by Crippen LogP contribution is 2.10. The molecule has 0 aromatic rings. The first-order valence-electron chi connectivity index (χ1n) is 4.91. The highest BCUT2D eigenvalue weighted by molar-refractivity contribution is 4.62. The molecule has 2 N–H and O–H groups in total. The summed E-state index contributed by atoms with van der Waals surface area (Å²) in [6, 6.07) is 0. The second kappa shape index (κ2) is 7.30. The molecule has 3 nitrogen and oxygen atoms in total. The fourth-order valence-electron chi connectivity index (χ4n) is 1.32. The quantitative estimate of drug-likeness (QED) is 0.634. The molecule has 0 aliphatic rings. The van der Waals surface area contributed by atoms with Crippen LogP contribution in [0.5, 0.6) is 0 Å². The van der Waals surface area contributed by atoms with E-state index in [1.54, 1.807) is 7.11 Å². The summed E-state index contributed by atoms with van der Waals surface area (Å²) in [5, 5.41) is 18.8. The van der Waals surface area contributed by atoms with Gasteiger partial charge in [-0.3, -0.25) is 0 Å². The Morgan fingerprint density at radius 2 is 1.62 bits per heavy atom. The summed E-state index contributed by atoms with van der Waals surface area (Å²) in [7, 11) is 1.56. The lowest BCUT2D eigenvalue weighted by Crippen LogP contribution is -2.18. The maximum absolute atomic E-state index is 9.48. The number of ether oxygens (including phenoxy) is 1. The smallest absolute Gasteiger partial charge is 0.0774 e. The number of rotatable bonds is 7. The Hall–Kier alpha value is -0.120. The van der Waals surface area contributed by atoms with Gasteiger partial charge in [0.1, 0.15) is 0 Å². The monoisotopic (exact) mass is 190 g/mol. The number of hydrogen-bond donors (Lipinski definition) is 2. The molecule has 0 amide bonds. The number of hydrogen-bond acceptors (Lipinski definition) is 3. The van der Waals surface area contributed by atoms with Gasteiger partial charge in [0.2, 0.25) is 0 Å². The van der Waals surface area contributed by atoms with Crippen LogP contribution in [0.1, 0.15) is 33.1 Å². The second-order valence-corrected chi connectivity index (χ2v) is 3.97. The SMILES string of the molecule is COCC(O)CCC(O)CC(C)C. The molecule has 0 radical (unpaired) electrons. The van der Waals surface area contributed by atoms with Gasteiger partial charge in [-0.1, -0.05) is 13.8 Å². The summed E-state index contributed by atoms with van der Waals surface area (Å²) in [6.07, 6.45) is 1.35. The van der Waals surface area contributed by atoms with Crippen molar-refractivity contribution < 1.29 is 14.9 Å². The van der Waals surface area contributed by atoms with Gasteiger partial charge in [0.15, 0.2) is 0 Å². The molecule has 0 spiro atoms. The maximum Gasteiger partial charge on any atom is 0.0774 e. The lowest BCUT2D eigenvalue weighted by atomic mass is 10.0. The van der Waals surface area contributed by atoms with Gasteiger partial charge in [-0.2, -0.15) is 0 Å². The summed E-state index contributed by atoms with van der Waals surface area (Å²) in [5.41, 5.74) is 0. The van der Waals surface area contributed by atoms with E-state index in [9.17, 15) is 10.2 Å². The first kappa shape index (κ1) is 12.9. The number of aliphatic hydroxyl groups is 2. The third-order valence-electron chi connectivity index (χ3n) is 1.94. The van der Waals surface area contributed by atoms with Crippen LogP contribution in [-0.4, -0.2) is 36.1 Å². The van der Waals surface area contributed by atoms with E-state index in [0.29, 0.717) is 25.4 Å². The van der Waals surface area contributed by atoms with Gasteiger partial charge in [0.05, 0.1) is 18.8 Å². The zero-order valence-corrected chi connectivity index (χ0v) is 8.86. The van der Waals surface area contributed by atoms with Gasteiger partial charge in [0.25, 0.3) is 0 Å². The van der Waals surface area contributed by atoms with E-state index in [-0.39, 0.29) is 6.10 Å². The van der Waals surface area contributed by atoms with Crippen LogP contribution in [0.2, 0.25) is 0 Å². The van der Waals surface area contributed by atoms with Crippen LogP contribution in [0, 0.1) is 5.92 Å². The van der Waals surface area contributed by atoms with Crippen molar-refractivity contribution in [3.8, 4) is 0 Å². The van der Waals surface area contributed by atoms with Crippen molar-refractivity contribution in [2.45, 2.75) is 45.3 Å². The van der Waals surface area contributed by atoms with E-state index in [1.165, 1.54) is 0 Å². The van der Waals surface area contributed by atoms with E-state index in [2.05, 4.69) is 13.8 Å². The second-order valence-electron chi connectivity index (χ2n) is 3.97. The van der Waals surface area contributed by atoms with E-state index >= 15 is 0 Å². The van der Waals surface area contributed by atoms with Crippen molar-refractivity contribution >= 4 is 0 Å². The molecule has 0 rings (SSSR count). The van der Waals surface area contributed by atoms with Crippen LogP contribution in [0.15, 0.2) is 0 Å². The van der Waals surface area contributed by atoms with Crippen LogP contribution in [0.4, 0.5) is 0 Å². The number of methoxy groups -OCH3 is 1. The van der Waals surface area contributed by atoms with E-state index in [0.717, 1.165) is 6.42 Å². The van der Waals surface area contributed by atoms with E-state index in [4.69, 9.17) is 4.74 Å². The van der Waals surface area contributed by atoms with Gasteiger partial charge in [-0.25, -0.2) is 0 Å². The standard InChI is InChI=1S/C10H22O3/c1-8(2)6-9(11)4-5-10(12)7-13-3/h8-12H,4-7H2,1-3H3. The minimum atomic E-state index is -0.438. The molecular weight excluding hydrogens is 168 g/mol. The Morgan fingerprint density at radius 3 is 2.08 bits per heavy atom. The molecular formula is C10H22O3.